The van der Waals surface area contributed by atoms with Crippen molar-refractivity contribution >= 4 is 24.2 Å². The Kier molecular flexibility index (Phi) is 6.88. The zero-order valence-electron chi connectivity index (χ0n) is 15.7. The van der Waals surface area contributed by atoms with Gasteiger partial charge in [-0.3, -0.25) is 0 Å². The molecule has 1 N–H and O–H groups in total. The topological polar surface area (TPSA) is 74.2 Å². The molecule has 2 aromatic rings. The molecule has 6 heteroatoms. The van der Waals surface area contributed by atoms with Gasteiger partial charge < -0.3 is 24.1 Å². The van der Waals surface area contributed by atoms with Gasteiger partial charge in [0.2, 0.25) is 0 Å². The monoisotopic (exact) mass is 370 g/mol. The molecule has 6 nitrogen and oxygen atoms in total. The van der Waals surface area contributed by atoms with Crippen molar-refractivity contribution in [3.05, 3.63) is 53.1 Å². The number of ether oxygens (including phenoxy) is 4. The summed E-state index contributed by atoms with van der Waals surface area (Å²) in [7, 11) is 6.24. The summed E-state index contributed by atoms with van der Waals surface area (Å²) in [5.74, 6) is 1.29. The van der Waals surface area contributed by atoms with Crippen molar-refractivity contribution in [2.45, 2.75) is 0 Å². The highest BCUT2D eigenvalue weighted by molar-refractivity contribution is 5.88. The molecule has 0 fully saturated rings. The minimum Gasteiger partial charge on any atom is -0.493 e. The molecule has 2 rings (SSSR count). The second kappa shape index (κ2) is 9.33. The van der Waals surface area contributed by atoms with E-state index in [2.05, 4.69) is 0 Å². The predicted molar refractivity (Wildman–Crippen MR) is 105 cm³/mol. The van der Waals surface area contributed by atoms with Crippen LogP contribution in [0, 0.1) is 0 Å². The van der Waals surface area contributed by atoms with E-state index in [4.69, 9.17) is 24.1 Å². The molecule has 0 unspecified atom stereocenters. The van der Waals surface area contributed by atoms with Crippen LogP contribution in [0.15, 0.2) is 36.4 Å². The molecule has 27 heavy (non-hydrogen) atoms. The number of hydrogen-bond acceptors (Lipinski definition) is 5. The van der Waals surface area contributed by atoms with E-state index in [9.17, 15) is 4.79 Å². The Morgan fingerprint density at radius 2 is 1.48 bits per heavy atom. The van der Waals surface area contributed by atoms with E-state index in [1.54, 1.807) is 33.5 Å². The Hall–Kier alpha value is -3.41. The van der Waals surface area contributed by atoms with Crippen LogP contribution in [0.25, 0.3) is 18.2 Å². The first-order valence-electron chi connectivity index (χ1n) is 8.10. The lowest BCUT2D eigenvalue weighted by molar-refractivity contribution is -0.131. The Bertz CT molecular complexity index is 867. The molecule has 0 aliphatic rings. The van der Waals surface area contributed by atoms with Crippen LogP contribution in [0.4, 0.5) is 0 Å². The summed E-state index contributed by atoms with van der Waals surface area (Å²) < 4.78 is 21.4. The van der Waals surface area contributed by atoms with E-state index in [1.807, 2.05) is 30.4 Å². The Morgan fingerprint density at radius 1 is 0.815 bits per heavy atom. The first-order valence-corrected chi connectivity index (χ1v) is 8.10. The zero-order chi connectivity index (χ0) is 19.8. The number of rotatable bonds is 8. The fraction of sp³-hybridized carbons (Fsp3) is 0.190. The molecule has 0 aromatic heterocycles. The van der Waals surface area contributed by atoms with E-state index in [0.717, 1.165) is 11.6 Å². The lowest BCUT2D eigenvalue weighted by Gasteiger charge is -2.13. The van der Waals surface area contributed by atoms with Crippen molar-refractivity contribution in [1.29, 1.82) is 0 Å². The summed E-state index contributed by atoms with van der Waals surface area (Å²) in [4.78, 5) is 10.9. The third kappa shape index (κ3) is 4.82. The molecule has 0 saturated heterocycles. The van der Waals surface area contributed by atoms with Gasteiger partial charge in [0, 0.05) is 11.6 Å². The number of carbonyl (C=O) groups is 1. The minimum atomic E-state index is -1.03. The summed E-state index contributed by atoms with van der Waals surface area (Å²) in [6.45, 7) is 0. The van der Waals surface area contributed by atoms with Crippen LogP contribution in [0.2, 0.25) is 0 Å². The quantitative estimate of drug-likeness (QED) is 0.559. The van der Waals surface area contributed by atoms with Crippen LogP contribution in [0.1, 0.15) is 16.7 Å². The maximum Gasteiger partial charge on any atom is 0.328 e. The summed E-state index contributed by atoms with van der Waals surface area (Å²) in [5.41, 5.74) is 2.27. The fourth-order valence-electron chi connectivity index (χ4n) is 2.58. The van der Waals surface area contributed by atoms with Gasteiger partial charge in [-0.05, 0) is 41.5 Å². The number of carboxylic acids is 1. The molecule has 0 aliphatic heterocycles. The summed E-state index contributed by atoms with van der Waals surface area (Å²) in [5, 5.41) is 8.92. The van der Waals surface area contributed by atoms with Gasteiger partial charge in [0.1, 0.15) is 0 Å². The number of aliphatic carboxylic acids is 1. The molecular formula is C21H22O6. The van der Waals surface area contributed by atoms with Gasteiger partial charge in [-0.2, -0.15) is 0 Å². The van der Waals surface area contributed by atoms with E-state index in [-0.39, 0.29) is 0 Å². The third-order valence-electron chi connectivity index (χ3n) is 3.87. The van der Waals surface area contributed by atoms with Crippen LogP contribution in [-0.4, -0.2) is 39.5 Å². The lowest BCUT2D eigenvalue weighted by Crippen LogP contribution is -1.96. The molecule has 142 valence electrons. The lowest BCUT2D eigenvalue weighted by atomic mass is 10.0. The maximum atomic E-state index is 10.9. The average Bonchev–Trinajstić information content (AvgIpc) is 2.69. The van der Waals surface area contributed by atoms with Gasteiger partial charge >= 0.3 is 5.97 Å². The standard InChI is InChI=1S/C21H22O6/c1-24-17-10-6-14(13-19(17)26-3)5-9-16-15(8-12-20(22)23)7-11-18(25-2)21(16)27-4/h5-13H,1-4H3,(H,22,23)/b9-5+,12-8+. The van der Waals surface area contributed by atoms with Crippen LogP contribution in [0.5, 0.6) is 23.0 Å². The fourth-order valence-corrected chi connectivity index (χ4v) is 2.58. The van der Waals surface area contributed by atoms with Crippen molar-refractivity contribution in [2.24, 2.45) is 0 Å². The molecular weight excluding hydrogens is 348 g/mol. The van der Waals surface area contributed by atoms with E-state index < -0.39 is 5.97 Å². The normalized spacial score (nSPS) is 11.0. The minimum absolute atomic E-state index is 0.516. The summed E-state index contributed by atoms with van der Waals surface area (Å²) >= 11 is 0. The van der Waals surface area contributed by atoms with Gasteiger partial charge in [-0.1, -0.05) is 18.2 Å². The molecule has 0 aliphatic carbocycles. The van der Waals surface area contributed by atoms with Crippen LogP contribution in [-0.2, 0) is 4.79 Å². The van der Waals surface area contributed by atoms with Crippen molar-refractivity contribution in [1.82, 2.24) is 0 Å². The number of methoxy groups -OCH3 is 4. The van der Waals surface area contributed by atoms with Crippen molar-refractivity contribution < 1.29 is 28.8 Å². The van der Waals surface area contributed by atoms with Crippen LogP contribution >= 0.6 is 0 Å². The molecule has 0 atom stereocenters. The summed E-state index contributed by atoms with van der Waals surface area (Å²) in [6.07, 6.45) is 6.30. The highest BCUT2D eigenvalue weighted by Crippen LogP contribution is 2.36. The molecule has 0 radical (unpaired) electrons. The van der Waals surface area contributed by atoms with Crippen LogP contribution in [0.3, 0.4) is 0 Å². The van der Waals surface area contributed by atoms with E-state index in [1.165, 1.54) is 13.2 Å². The highest BCUT2D eigenvalue weighted by Gasteiger charge is 2.12. The van der Waals surface area contributed by atoms with E-state index in [0.29, 0.717) is 34.1 Å². The Labute approximate surface area is 158 Å². The van der Waals surface area contributed by atoms with Crippen molar-refractivity contribution in [2.75, 3.05) is 28.4 Å². The van der Waals surface area contributed by atoms with Gasteiger partial charge in [0.05, 0.1) is 28.4 Å². The second-order valence-electron chi connectivity index (χ2n) is 5.42. The van der Waals surface area contributed by atoms with Crippen molar-refractivity contribution in [3.63, 3.8) is 0 Å². The molecule has 0 amide bonds. The average molecular weight is 370 g/mol. The second-order valence-corrected chi connectivity index (χ2v) is 5.42. The molecule has 0 spiro atoms. The highest BCUT2D eigenvalue weighted by atomic mass is 16.5. The zero-order valence-corrected chi connectivity index (χ0v) is 15.7. The van der Waals surface area contributed by atoms with Gasteiger partial charge in [-0.25, -0.2) is 4.79 Å². The third-order valence-corrected chi connectivity index (χ3v) is 3.87. The van der Waals surface area contributed by atoms with Crippen molar-refractivity contribution in [3.8, 4) is 23.0 Å². The van der Waals surface area contributed by atoms with E-state index >= 15 is 0 Å². The largest absolute Gasteiger partial charge is 0.493 e. The molecule has 0 heterocycles. The number of benzene rings is 2. The number of hydrogen-bond donors (Lipinski definition) is 1. The van der Waals surface area contributed by atoms with Gasteiger partial charge in [-0.15, -0.1) is 0 Å². The summed E-state index contributed by atoms with van der Waals surface area (Å²) in [6, 6.07) is 9.04. The first kappa shape index (κ1) is 19.9. The maximum absolute atomic E-state index is 10.9. The molecule has 2 aromatic carbocycles. The molecule has 0 saturated carbocycles. The Morgan fingerprint density at radius 3 is 2.07 bits per heavy atom. The molecule has 0 bridgehead atoms. The smallest absolute Gasteiger partial charge is 0.328 e. The van der Waals surface area contributed by atoms with Crippen LogP contribution < -0.4 is 18.9 Å². The first-order chi connectivity index (χ1) is 13.0. The SMILES string of the molecule is COc1ccc(/C=C/c2c(/C=C/C(=O)O)ccc(OC)c2OC)cc1OC. The van der Waals surface area contributed by atoms with Gasteiger partial charge in [0.25, 0.3) is 0 Å². The number of carboxylic acid groups (broad SMARTS) is 1. The predicted octanol–water partition coefficient (Wildman–Crippen LogP) is 3.99. The van der Waals surface area contributed by atoms with Gasteiger partial charge in [0.15, 0.2) is 23.0 Å². The Balaban J connectivity index is 2.52.